The molecule has 0 radical (unpaired) electrons. The summed E-state index contributed by atoms with van der Waals surface area (Å²) in [4.78, 5) is 10.1. The van der Waals surface area contributed by atoms with E-state index < -0.39 is 6.04 Å². The minimum absolute atomic E-state index is 0.130. The van der Waals surface area contributed by atoms with Gasteiger partial charge in [-0.2, -0.15) is 0 Å². The van der Waals surface area contributed by atoms with Gasteiger partial charge in [-0.1, -0.05) is 0 Å². The van der Waals surface area contributed by atoms with E-state index in [1.165, 1.54) is 13.8 Å². The Morgan fingerprint density at radius 1 is 1.86 bits per heavy atom. The van der Waals surface area contributed by atoms with Crippen LogP contribution < -0.4 is 5.48 Å². The molecule has 0 aromatic carbocycles. The maximum absolute atomic E-state index is 10.1. The highest BCUT2D eigenvalue weighted by molar-refractivity contribution is 5.80. The highest BCUT2D eigenvalue weighted by Crippen LogP contribution is 1.78. The van der Waals surface area contributed by atoms with Crippen molar-refractivity contribution in [1.29, 1.82) is 0 Å². The van der Waals surface area contributed by atoms with Crippen molar-refractivity contribution in [2.45, 2.75) is 19.9 Å². The van der Waals surface area contributed by atoms with Gasteiger partial charge in [0.1, 0.15) is 5.78 Å². The van der Waals surface area contributed by atoms with E-state index >= 15 is 0 Å². The molecule has 0 spiro atoms. The van der Waals surface area contributed by atoms with Crippen LogP contribution >= 0.6 is 0 Å². The number of carbonyl (C=O) groups excluding carboxylic acids is 1. The van der Waals surface area contributed by atoms with Gasteiger partial charge in [-0.15, -0.1) is 0 Å². The van der Waals surface area contributed by atoms with Gasteiger partial charge in [0.25, 0.3) is 0 Å². The molecule has 3 heteroatoms. The zero-order valence-electron chi connectivity index (χ0n) is 4.39. The molecule has 0 saturated heterocycles. The Bertz CT molecular complexity index is 72.1. The molecule has 3 nitrogen and oxygen atoms in total. The van der Waals surface area contributed by atoms with Crippen LogP contribution in [0, 0.1) is 5.21 Å². The number of hydrogen-bond acceptors (Lipinski definition) is 3. The fraction of sp³-hybridized carbons (Fsp3) is 0.750. The SMILES string of the molecule is CC(=O)[C@@H](C)N[O-]. The molecule has 0 aromatic heterocycles. The summed E-state index contributed by atoms with van der Waals surface area (Å²) in [6, 6.07) is -0.542. The monoisotopic (exact) mass is 102 g/mol. The number of Topliss-reactive ketones (excluding diaryl/α,β-unsaturated/α-hetero) is 1. The molecule has 0 aliphatic heterocycles. The van der Waals surface area contributed by atoms with Crippen molar-refractivity contribution in [1.82, 2.24) is 5.48 Å². The Morgan fingerprint density at radius 3 is 2.29 bits per heavy atom. The van der Waals surface area contributed by atoms with Crippen molar-refractivity contribution >= 4 is 5.78 Å². The molecule has 0 saturated carbocycles. The summed E-state index contributed by atoms with van der Waals surface area (Å²) < 4.78 is 0. The number of hydrogen-bond donors (Lipinski definition) is 1. The summed E-state index contributed by atoms with van der Waals surface area (Å²) >= 11 is 0. The van der Waals surface area contributed by atoms with Crippen LogP contribution in [0.2, 0.25) is 0 Å². The fourth-order valence-electron chi connectivity index (χ4n) is 0.0830. The van der Waals surface area contributed by atoms with E-state index in [1.54, 1.807) is 5.48 Å². The summed E-state index contributed by atoms with van der Waals surface area (Å²) in [5.41, 5.74) is 1.56. The molecule has 0 aromatic rings. The smallest absolute Gasteiger partial charge is 0.145 e. The molecule has 0 fully saturated rings. The number of rotatable bonds is 2. The third kappa shape index (κ3) is 2.31. The summed E-state index contributed by atoms with van der Waals surface area (Å²) in [7, 11) is 0. The second-order valence-corrected chi connectivity index (χ2v) is 1.45. The van der Waals surface area contributed by atoms with Gasteiger partial charge in [0, 0.05) is 0 Å². The molecule has 0 heterocycles. The summed E-state index contributed by atoms with van der Waals surface area (Å²) in [5, 5.41) is 9.60. The van der Waals surface area contributed by atoms with Crippen molar-refractivity contribution in [3.63, 3.8) is 0 Å². The molecule has 7 heavy (non-hydrogen) atoms. The molecular formula is C4H8NO2-. The zero-order valence-corrected chi connectivity index (χ0v) is 4.39. The molecule has 1 atom stereocenters. The molecule has 1 N–H and O–H groups in total. The van der Waals surface area contributed by atoms with E-state index in [0.717, 1.165) is 0 Å². The Kier molecular flexibility index (Phi) is 2.55. The van der Waals surface area contributed by atoms with E-state index in [1.807, 2.05) is 0 Å². The quantitative estimate of drug-likeness (QED) is 0.501. The van der Waals surface area contributed by atoms with Crippen LogP contribution in [0.1, 0.15) is 13.8 Å². The topological polar surface area (TPSA) is 52.2 Å². The highest BCUT2D eigenvalue weighted by Gasteiger charge is 1.97. The number of nitrogens with one attached hydrogen (secondary N) is 1. The Balaban J connectivity index is 3.34. The van der Waals surface area contributed by atoms with E-state index in [4.69, 9.17) is 0 Å². The number of ketones is 1. The van der Waals surface area contributed by atoms with Crippen molar-refractivity contribution in [2.75, 3.05) is 0 Å². The van der Waals surface area contributed by atoms with Crippen LogP contribution in [0.5, 0.6) is 0 Å². The van der Waals surface area contributed by atoms with Crippen LogP contribution in [0.25, 0.3) is 0 Å². The number of hydroxylamine groups is 1. The lowest BCUT2D eigenvalue weighted by atomic mass is 10.3. The van der Waals surface area contributed by atoms with Gasteiger partial charge in [-0.25, -0.2) is 0 Å². The zero-order chi connectivity index (χ0) is 5.86. The molecule has 0 unspecified atom stereocenters. The van der Waals surface area contributed by atoms with Gasteiger partial charge >= 0.3 is 0 Å². The summed E-state index contributed by atoms with van der Waals surface area (Å²) in [5.74, 6) is -0.130. The molecule has 0 aliphatic carbocycles. The van der Waals surface area contributed by atoms with E-state index in [9.17, 15) is 10.0 Å². The van der Waals surface area contributed by atoms with Gasteiger partial charge in [0.15, 0.2) is 0 Å². The third-order valence-corrected chi connectivity index (χ3v) is 0.787. The van der Waals surface area contributed by atoms with Crippen LogP contribution in [-0.2, 0) is 4.79 Å². The molecular weight excluding hydrogens is 94.0 g/mol. The minimum Gasteiger partial charge on any atom is -0.787 e. The lowest BCUT2D eigenvalue weighted by molar-refractivity contribution is -0.118. The summed E-state index contributed by atoms with van der Waals surface area (Å²) in [6.07, 6.45) is 0. The first-order chi connectivity index (χ1) is 3.18. The third-order valence-electron chi connectivity index (χ3n) is 0.787. The first-order valence-electron chi connectivity index (χ1n) is 2.06. The maximum atomic E-state index is 10.1. The minimum atomic E-state index is -0.542. The van der Waals surface area contributed by atoms with E-state index in [2.05, 4.69) is 0 Å². The van der Waals surface area contributed by atoms with Crippen molar-refractivity contribution in [2.24, 2.45) is 0 Å². The van der Waals surface area contributed by atoms with Gasteiger partial charge in [-0.3, -0.25) is 4.79 Å². The predicted molar refractivity (Wildman–Crippen MR) is 26.6 cm³/mol. The van der Waals surface area contributed by atoms with Crippen molar-refractivity contribution in [3.05, 3.63) is 5.21 Å². The van der Waals surface area contributed by atoms with Gasteiger partial charge < -0.3 is 10.7 Å². The van der Waals surface area contributed by atoms with Gasteiger partial charge in [0.2, 0.25) is 0 Å². The average molecular weight is 102 g/mol. The van der Waals surface area contributed by atoms with Crippen LogP contribution in [0.3, 0.4) is 0 Å². The standard InChI is InChI=1S/C4H8NO2/c1-3(5-7)4(2)6/h3,5H,1-2H3/q-1/t3-/m1/s1. The molecule has 0 bridgehead atoms. The predicted octanol–water partition coefficient (Wildman–Crippen LogP) is 0.0513. The van der Waals surface area contributed by atoms with Crippen LogP contribution in [-0.4, -0.2) is 11.8 Å². The summed E-state index contributed by atoms with van der Waals surface area (Å²) in [6.45, 7) is 2.89. The largest absolute Gasteiger partial charge is 0.787 e. The molecule has 0 rings (SSSR count). The second kappa shape index (κ2) is 2.71. The fourth-order valence-corrected chi connectivity index (χ4v) is 0.0830. The lowest BCUT2D eigenvalue weighted by Crippen LogP contribution is -2.26. The van der Waals surface area contributed by atoms with E-state index in [-0.39, 0.29) is 5.78 Å². The van der Waals surface area contributed by atoms with Crippen LogP contribution in [0.15, 0.2) is 0 Å². The first-order valence-corrected chi connectivity index (χ1v) is 2.06. The molecule has 42 valence electrons. The Labute approximate surface area is 42.3 Å². The Hall–Kier alpha value is -0.410. The second-order valence-electron chi connectivity index (χ2n) is 1.45. The first kappa shape index (κ1) is 6.59. The van der Waals surface area contributed by atoms with Gasteiger partial charge in [-0.05, 0) is 13.8 Å². The normalized spacial score (nSPS) is 13.6. The molecule has 0 aliphatic rings. The average Bonchev–Trinajstić information content (AvgIpc) is 1.65. The van der Waals surface area contributed by atoms with E-state index in [0.29, 0.717) is 0 Å². The molecule has 0 amide bonds. The Morgan fingerprint density at radius 2 is 2.29 bits per heavy atom. The van der Waals surface area contributed by atoms with Crippen molar-refractivity contribution in [3.8, 4) is 0 Å². The lowest BCUT2D eigenvalue weighted by Gasteiger charge is -2.12. The number of carbonyl (C=O) groups is 1. The van der Waals surface area contributed by atoms with Crippen molar-refractivity contribution < 1.29 is 4.79 Å². The highest BCUT2D eigenvalue weighted by atomic mass is 16.5. The van der Waals surface area contributed by atoms with Crippen LogP contribution in [0.4, 0.5) is 0 Å². The van der Waals surface area contributed by atoms with Gasteiger partial charge in [0.05, 0.1) is 6.04 Å². The maximum Gasteiger partial charge on any atom is 0.145 e.